The van der Waals surface area contributed by atoms with E-state index in [0.29, 0.717) is 0 Å². The maximum atomic E-state index is 9.67. The topological polar surface area (TPSA) is 140 Å². The normalized spacial score (nSPS) is 42.6. The monoisotopic (exact) mass is 342 g/mol. The molecule has 0 radical (unpaired) electrons. The van der Waals surface area contributed by atoms with Gasteiger partial charge in [0.25, 0.3) is 0 Å². The first-order chi connectivity index (χ1) is 8.19. The van der Waals surface area contributed by atoms with Crippen molar-refractivity contribution in [3.8, 4) is 0 Å². The van der Waals surface area contributed by atoms with Crippen LogP contribution in [0.25, 0.3) is 0 Å². The van der Waals surface area contributed by atoms with E-state index < -0.39 is 51.5 Å². The van der Waals surface area contributed by atoms with Gasteiger partial charge in [-0.3, -0.25) is 4.52 Å². The van der Waals surface area contributed by atoms with Crippen LogP contribution >= 0.6 is 26.1 Å². The Hall–Kier alpha value is 1.05. The standard InChI is InChI=1S/C6H13ClO8P2S/c7-16-14-5-1(8)3(10)6(4(11)2(5)9)15-17(12,13)18/h1-6,8-11,16H,(H2,12,13,18)/t1-,2-,3-,4+,5+,6+/m1/s1. The van der Waals surface area contributed by atoms with Gasteiger partial charge >= 0.3 is 6.72 Å². The van der Waals surface area contributed by atoms with Crippen molar-refractivity contribution in [3.63, 3.8) is 0 Å². The first-order valence-corrected chi connectivity index (χ1v) is 9.21. The Labute approximate surface area is 114 Å². The lowest BCUT2D eigenvalue weighted by molar-refractivity contribution is -0.209. The van der Waals surface area contributed by atoms with Gasteiger partial charge in [-0.2, -0.15) is 0 Å². The van der Waals surface area contributed by atoms with Crippen LogP contribution in [-0.2, 0) is 20.9 Å². The number of aliphatic hydroxyl groups excluding tert-OH is 4. The number of hydrogen-bond acceptors (Lipinski definition) is 7. The van der Waals surface area contributed by atoms with E-state index in [0.717, 1.165) is 0 Å². The highest BCUT2D eigenvalue weighted by atomic mass is 35.7. The Morgan fingerprint density at radius 1 is 0.944 bits per heavy atom. The average Bonchev–Trinajstić information content (AvgIpc) is 2.26. The molecular weight excluding hydrogens is 330 g/mol. The third kappa shape index (κ3) is 4.02. The smallest absolute Gasteiger partial charge is 0.322 e. The largest absolute Gasteiger partial charge is 0.387 e. The zero-order valence-corrected chi connectivity index (χ0v) is 12.2. The molecule has 7 atom stereocenters. The van der Waals surface area contributed by atoms with E-state index in [4.69, 9.17) is 25.6 Å². The third-order valence-electron chi connectivity index (χ3n) is 2.49. The van der Waals surface area contributed by atoms with Crippen molar-refractivity contribution in [2.24, 2.45) is 0 Å². The molecule has 0 heterocycles. The molecule has 0 aliphatic heterocycles. The molecule has 0 saturated heterocycles. The molecule has 0 amide bonds. The fraction of sp³-hybridized carbons (Fsp3) is 1.00. The van der Waals surface area contributed by atoms with Crippen LogP contribution in [0.5, 0.6) is 0 Å². The van der Waals surface area contributed by atoms with Crippen LogP contribution in [0.1, 0.15) is 0 Å². The van der Waals surface area contributed by atoms with E-state index in [9.17, 15) is 20.4 Å². The fourth-order valence-electron chi connectivity index (χ4n) is 1.66. The van der Waals surface area contributed by atoms with Crippen molar-refractivity contribution in [2.75, 3.05) is 0 Å². The minimum Gasteiger partial charge on any atom is -0.387 e. The van der Waals surface area contributed by atoms with Gasteiger partial charge in [-0.05, 0) is 11.8 Å². The Morgan fingerprint density at radius 2 is 1.33 bits per heavy atom. The van der Waals surface area contributed by atoms with Crippen LogP contribution in [-0.4, -0.2) is 66.8 Å². The SMILES string of the molecule is O[C@@H]1[C@@H](O)[C@H](OP(O)(O)=S)[C@@H](O)[C@@H](O)[C@H]1OPCl. The minimum absolute atomic E-state index is 0.601. The maximum Gasteiger partial charge on any atom is 0.322 e. The van der Waals surface area contributed by atoms with Crippen molar-refractivity contribution < 1.29 is 39.3 Å². The summed E-state index contributed by atoms with van der Waals surface area (Å²) < 4.78 is 9.30. The van der Waals surface area contributed by atoms with Gasteiger partial charge in [-0.1, -0.05) is 11.2 Å². The van der Waals surface area contributed by atoms with Crippen LogP contribution in [0, 0.1) is 0 Å². The second-order valence-electron chi connectivity index (χ2n) is 3.68. The molecule has 18 heavy (non-hydrogen) atoms. The highest BCUT2D eigenvalue weighted by molar-refractivity contribution is 8.06. The van der Waals surface area contributed by atoms with Crippen LogP contribution in [0.15, 0.2) is 0 Å². The van der Waals surface area contributed by atoms with Gasteiger partial charge in [0.15, 0.2) is 0 Å². The van der Waals surface area contributed by atoms with Crippen molar-refractivity contribution in [2.45, 2.75) is 36.6 Å². The third-order valence-corrected chi connectivity index (χ3v) is 3.89. The Balaban J connectivity index is 2.87. The zero-order valence-electron chi connectivity index (χ0n) is 8.70. The minimum atomic E-state index is -4.17. The lowest BCUT2D eigenvalue weighted by atomic mass is 9.85. The first kappa shape index (κ1) is 17.1. The maximum absolute atomic E-state index is 9.67. The van der Waals surface area contributed by atoms with E-state index in [2.05, 4.69) is 16.3 Å². The molecule has 0 spiro atoms. The van der Waals surface area contributed by atoms with Gasteiger partial charge in [0.1, 0.15) is 44.8 Å². The lowest BCUT2D eigenvalue weighted by Gasteiger charge is -2.43. The van der Waals surface area contributed by atoms with Crippen LogP contribution in [0.2, 0.25) is 0 Å². The summed E-state index contributed by atoms with van der Waals surface area (Å²) in [4.78, 5) is 17.9. The molecule has 1 unspecified atom stereocenters. The fourth-order valence-corrected chi connectivity index (χ4v) is 3.21. The average molecular weight is 343 g/mol. The lowest BCUT2D eigenvalue weighted by Crippen LogP contribution is -2.64. The number of halogens is 1. The predicted molar refractivity (Wildman–Crippen MR) is 66.7 cm³/mol. The van der Waals surface area contributed by atoms with E-state index >= 15 is 0 Å². The van der Waals surface area contributed by atoms with Gasteiger partial charge in [0, 0.05) is 0 Å². The summed E-state index contributed by atoms with van der Waals surface area (Å²) in [7, 11) is -0.601. The first-order valence-electron chi connectivity index (χ1n) is 4.66. The summed E-state index contributed by atoms with van der Waals surface area (Å²) >= 11 is 9.49. The van der Waals surface area contributed by atoms with Gasteiger partial charge in [-0.25, -0.2) is 0 Å². The number of aliphatic hydroxyl groups is 4. The number of hydrogen-bond donors (Lipinski definition) is 6. The summed E-state index contributed by atoms with van der Waals surface area (Å²) in [6.07, 6.45) is -9.65. The molecule has 1 rings (SSSR count). The van der Waals surface area contributed by atoms with E-state index in [-0.39, 0.29) is 0 Å². The van der Waals surface area contributed by atoms with Crippen molar-refractivity contribution in [1.29, 1.82) is 0 Å². The summed E-state index contributed by atoms with van der Waals surface area (Å²) in [6.45, 7) is -4.17. The predicted octanol–water partition coefficient (Wildman–Crippen LogP) is -1.83. The Bertz CT molecular complexity index is 313. The van der Waals surface area contributed by atoms with E-state index in [1.807, 2.05) is 0 Å². The van der Waals surface area contributed by atoms with Gasteiger partial charge < -0.3 is 34.7 Å². The molecule has 1 aliphatic rings. The molecule has 0 aromatic rings. The summed E-state index contributed by atoms with van der Waals surface area (Å²) in [5, 5.41) is 38.7. The highest BCUT2D eigenvalue weighted by Gasteiger charge is 2.51. The molecule has 1 aliphatic carbocycles. The molecule has 12 heteroatoms. The van der Waals surface area contributed by atoms with Gasteiger partial charge in [0.05, 0.1) is 0 Å². The van der Waals surface area contributed by atoms with Crippen LogP contribution < -0.4 is 0 Å². The molecule has 0 aromatic heterocycles. The molecule has 1 fully saturated rings. The van der Waals surface area contributed by atoms with Gasteiger partial charge in [0.2, 0.25) is 0 Å². The second kappa shape index (κ2) is 6.67. The molecule has 0 bridgehead atoms. The van der Waals surface area contributed by atoms with Crippen LogP contribution in [0.4, 0.5) is 0 Å². The molecule has 108 valence electrons. The Kier molecular flexibility index (Phi) is 6.34. The summed E-state index contributed by atoms with van der Waals surface area (Å²) in [5.74, 6) is 0. The van der Waals surface area contributed by atoms with Crippen molar-refractivity contribution in [3.05, 3.63) is 0 Å². The van der Waals surface area contributed by atoms with E-state index in [1.54, 1.807) is 0 Å². The quantitative estimate of drug-likeness (QED) is 0.325. The van der Waals surface area contributed by atoms with Crippen molar-refractivity contribution in [1.82, 2.24) is 0 Å². The van der Waals surface area contributed by atoms with Gasteiger partial charge in [-0.15, -0.1) is 0 Å². The zero-order chi connectivity index (χ0) is 14.1. The van der Waals surface area contributed by atoms with Crippen molar-refractivity contribution >= 4 is 37.9 Å². The summed E-state index contributed by atoms with van der Waals surface area (Å²) in [6, 6.07) is 0. The number of rotatable bonds is 4. The second-order valence-corrected chi connectivity index (χ2v) is 7.15. The molecular formula is C6H13ClO8P2S. The Morgan fingerprint density at radius 3 is 1.67 bits per heavy atom. The summed E-state index contributed by atoms with van der Waals surface area (Å²) in [5.41, 5.74) is 0. The molecule has 8 nitrogen and oxygen atoms in total. The molecule has 6 N–H and O–H groups in total. The van der Waals surface area contributed by atoms with E-state index in [1.165, 1.54) is 0 Å². The van der Waals surface area contributed by atoms with Crippen LogP contribution in [0.3, 0.4) is 0 Å². The molecule has 0 aromatic carbocycles. The molecule has 1 saturated carbocycles. The highest BCUT2D eigenvalue weighted by Crippen LogP contribution is 2.42.